The lowest BCUT2D eigenvalue weighted by molar-refractivity contribution is 0.398. The van der Waals surface area contributed by atoms with Gasteiger partial charge in [0, 0.05) is 69.4 Å². The van der Waals surface area contributed by atoms with E-state index in [9.17, 15) is 30.6 Å². The lowest BCUT2D eigenvalue weighted by Gasteiger charge is -2.24. The topological polar surface area (TPSA) is 172 Å². The zero-order valence-electron chi connectivity index (χ0n) is 35.3. The van der Waals surface area contributed by atoms with Gasteiger partial charge in [0.05, 0.1) is 24.6 Å². The zero-order chi connectivity index (χ0) is 42.6. The van der Waals surface area contributed by atoms with Crippen molar-refractivity contribution in [2.75, 3.05) is 0 Å². The number of furan rings is 2. The number of rotatable bonds is 11. The predicted molar refractivity (Wildman–Crippen MR) is 237 cm³/mol. The number of aryl methyl sites for hydroxylation is 2. The van der Waals surface area contributed by atoms with Crippen molar-refractivity contribution in [2.24, 2.45) is 21.8 Å². The van der Waals surface area contributed by atoms with Gasteiger partial charge in [-0.2, -0.15) is 0 Å². The van der Waals surface area contributed by atoms with Gasteiger partial charge in [0.1, 0.15) is 23.0 Å². The summed E-state index contributed by atoms with van der Waals surface area (Å²) in [7, 11) is 0. The van der Waals surface area contributed by atoms with Crippen LogP contribution in [0.4, 0.5) is 0 Å². The minimum Gasteiger partial charge on any atom is -0.507 e. The van der Waals surface area contributed by atoms with Crippen LogP contribution in [0.3, 0.4) is 0 Å². The molecule has 2 saturated carbocycles. The van der Waals surface area contributed by atoms with Crippen LogP contribution in [0.25, 0.3) is 32.7 Å². The molecule has 314 valence electrons. The molecular formula is C50H56N2O8. The number of fused-ring (bicyclic) bond motifs is 2. The summed E-state index contributed by atoms with van der Waals surface area (Å²) in [5.41, 5.74) is 3.25. The molecule has 8 rings (SSSR count). The molecule has 0 aliphatic heterocycles. The van der Waals surface area contributed by atoms with Crippen LogP contribution in [0.5, 0.6) is 34.5 Å². The lowest BCUT2D eigenvalue weighted by atomic mass is 9.83. The van der Waals surface area contributed by atoms with Gasteiger partial charge in [-0.3, -0.25) is 9.98 Å². The van der Waals surface area contributed by atoms with Crippen LogP contribution in [0, 0.1) is 25.7 Å². The fourth-order valence-corrected chi connectivity index (χ4v) is 10.2. The third-order valence-electron chi connectivity index (χ3n) is 13.1. The molecular weight excluding hydrogens is 757 g/mol. The van der Waals surface area contributed by atoms with Gasteiger partial charge >= 0.3 is 0 Å². The lowest BCUT2D eigenvalue weighted by Crippen LogP contribution is -2.14. The van der Waals surface area contributed by atoms with Crippen LogP contribution < -0.4 is 0 Å². The molecule has 0 bridgehead atoms. The first-order chi connectivity index (χ1) is 28.8. The monoisotopic (exact) mass is 812 g/mol. The van der Waals surface area contributed by atoms with Crippen LogP contribution >= 0.6 is 0 Å². The second kappa shape index (κ2) is 16.3. The summed E-state index contributed by atoms with van der Waals surface area (Å²) >= 11 is 0. The van der Waals surface area contributed by atoms with E-state index < -0.39 is 0 Å². The molecule has 0 amide bonds. The largest absolute Gasteiger partial charge is 0.507 e. The minimum atomic E-state index is -0.377. The zero-order valence-corrected chi connectivity index (χ0v) is 35.3. The third kappa shape index (κ3) is 7.13. The van der Waals surface area contributed by atoms with Gasteiger partial charge in [0.15, 0.2) is 23.0 Å². The van der Waals surface area contributed by atoms with Crippen LogP contribution in [0.2, 0.25) is 0 Å². The van der Waals surface area contributed by atoms with E-state index in [1.807, 2.05) is 77.9 Å². The molecule has 2 heterocycles. The van der Waals surface area contributed by atoms with E-state index in [1.54, 1.807) is 25.0 Å². The van der Waals surface area contributed by atoms with Crippen LogP contribution in [-0.4, -0.2) is 55.2 Å². The predicted octanol–water partition coefficient (Wildman–Crippen LogP) is 11.6. The second-order valence-corrected chi connectivity index (χ2v) is 17.7. The highest BCUT2D eigenvalue weighted by Crippen LogP contribution is 2.54. The SMILES string of the molecule is Cc1cc2c(C(C)C)c(O)c(O)c(C=N[C@@H]3CCC[C@@H]3Cc3ccco3)c2c(O)c1-c1c(C)cc2c(C(C)C)c(O)c(O)c(C=N[C@@H]3CCC[C@H]3Cc3ccco3)c2c1O. The Kier molecular flexibility index (Phi) is 11.1. The van der Waals surface area contributed by atoms with Gasteiger partial charge in [-0.25, -0.2) is 0 Å². The number of phenolic OH excluding ortho intramolecular Hbond substituents is 6. The molecule has 10 heteroatoms. The van der Waals surface area contributed by atoms with Crippen LogP contribution in [-0.2, 0) is 12.8 Å². The van der Waals surface area contributed by atoms with E-state index in [-0.39, 0.29) is 81.4 Å². The van der Waals surface area contributed by atoms with Crippen molar-refractivity contribution < 1.29 is 39.5 Å². The van der Waals surface area contributed by atoms with E-state index in [4.69, 9.17) is 18.8 Å². The summed E-state index contributed by atoms with van der Waals surface area (Å²) in [6.45, 7) is 11.4. The van der Waals surface area contributed by atoms with Gasteiger partial charge in [-0.15, -0.1) is 0 Å². The molecule has 60 heavy (non-hydrogen) atoms. The van der Waals surface area contributed by atoms with E-state index >= 15 is 0 Å². The molecule has 2 fully saturated rings. The van der Waals surface area contributed by atoms with Crippen molar-refractivity contribution in [3.05, 3.63) is 93.8 Å². The molecule has 0 radical (unpaired) electrons. The molecule has 10 nitrogen and oxygen atoms in total. The molecule has 0 saturated heterocycles. The summed E-state index contributed by atoms with van der Waals surface area (Å²) in [5, 5.41) is 73.4. The Hall–Kier alpha value is -5.90. The van der Waals surface area contributed by atoms with E-state index in [1.165, 1.54) is 0 Å². The minimum absolute atomic E-state index is 0.0562. The summed E-state index contributed by atoms with van der Waals surface area (Å²) in [6, 6.07) is 11.3. The van der Waals surface area contributed by atoms with E-state index in [2.05, 4.69) is 0 Å². The number of hydrogen-bond donors (Lipinski definition) is 6. The standard InChI is InChI=1S/C50H56N2O8/c1-25(2)39-33-19-27(5)41(47(55)43(33)35(45(53)49(39)57)23-51-37-15-7-11-29(37)21-31-13-9-17-59-31)42-28(6)20-34-40(26(3)4)50(58)46(54)36(44(34)48(42)56)24-52-38-16-8-12-30(38)22-32-14-10-18-60-32/h9-10,13-14,17-20,23-26,29-30,37-38,53-58H,7-8,11-12,15-16,21-22H2,1-6H3/t29-,30+,37-,38-/m1/s1. The van der Waals surface area contributed by atoms with Crippen molar-refractivity contribution in [1.29, 1.82) is 0 Å². The summed E-state index contributed by atoms with van der Waals surface area (Å²) in [6.07, 6.45) is 13.6. The Bertz CT molecular complexity index is 2440. The quantitative estimate of drug-likeness (QED) is 0.0554. The molecule has 0 unspecified atom stereocenters. The molecule has 0 spiro atoms. The van der Waals surface area contributed by atoms with Crippen molar-refractivity contribution in [3.8, 4) is 45.6 Å². The maximum absolute atomic E-state index is 12.6. The second-order valence-electron chi connectivity index (χ2n) is 17.7. The summed E-state index contributed by atoms with van der Waals surface area (Å²) < 4.78 is 11.3. The first-order valence-electron chi connectivity index (χ1n) is 21.4. The number of aliphatic imine (C=N–C) groups is 2. The normalized spacial score (nSPS) is 19.8. The van der Waals surface area contributed by atoms with Crippen molar-refractivity contribution in [1.82, 2.24) is 0 Å². The number of benzene rings is 4. The molecule has 2 aliphatic rings. The van der Waals surface area contributed by atoms with Gasteiger partial charge in [-0.05, 0) is 109 Å². The van der Waals surface area contributed by atoms with Crippen molar-refractivity contribution >= 4 is 34.0 Å². The average Bonchev–Trinajstić information content (AvgIpc) is 4.05. The fourth-order valence-electron chi connectivity index (χ4n) is 10.2. The highest BCUT2D eigenvalue weighted by Gasteiger charge is 2.32. The highest BCUT2D eigenvalue weighted by molar-refractivity contribution is 6.15. The van der Waals surface area contributed by atoms with E-state index in [0.717, 1.165) is 62.9 Å². The Morgan fingerprint density at radius 3 is 1.33 bits per heavy atom. The number of aromatic hydroxyl groups is 6. The van der Waals surface area contributed by atoms with Gasteiger partial charge in [0.25, 0.3) is 0 Å². The Labute approximate surface area is 350 Å². The number of nitrogens with zero attached hydrogens (tertiary/aromatic N) is 2. The molecule has 4 aromatic carbocycles. The van der Waals surface area contributed by atoms with Gasteiger partial charge < -0.3 is 39.5 Å². The molecule has 6 N–H and O–H groups in total. The highest BCUT2D eigenvalue weighted by atomic mass is 16.3. The summed E-state index contributed by atoms with van der Waals surface area (Å²) in [4.78, 5) is 9.98. The Balaban J connectivity index is 1.32. The van der Waals surface area contributed by atoms with Crippen molar-refractivity contribution in [3.63, 3.8) is 0 Å². The van der Waals surface area contributed by atoms with Gasteiger partial charge in [-0.1, -0.05) is 52.7 Å². The fraction of sp³-hybridized carbons (Fsp3) is 0.400. The molecule has 6 aromatic rings. The first kappa shape index (κ1) is 40.9. The first-order valence-corrected chi connectivity index (χ1v) is 21.4. The van der Waals surface area contributed by atoms with Gasteiger partial charge in [0.2, 0.25) is 0 Å². The van der Waals surface area contributed by atoms with Crippen molar-refractivity contribution in [2.45, 2.75) is 117 Å². The molecule has 2 aromatic heterocycles. The maximum atomic E-state index is 12.6. The number of hydrogen-bond acceptors (Lipinski definition) is 10. The molecule has 4 atom stereocenters. The Morgan fingerprint density at radius 2 is 0.983 bits per heavy atom. The van der Waals surface area contributed by atoms with E-state index in [0.29, 0.717) is 54.9 Å². The average molecular weight is 813 g/mol. The Morgan fingerprint density at radius 1 is 0.583 bits per heavy atom. The van der Waals surface area contributed by atoms with Crippen LogP contribution in [0.15, 0.2) is 67.7 Å². The maximum Gasteiger partial charge on any atom is 0.167 e. The number of phenols is 6. The smallest absolute Gasteiger partial charge is 0.167 e. The molecule has 2 aliphatic carbocycles. The third-order valence-corrected chi connectivity index (χ3v) is 13.1. The summed E-state index contributed by atoms with van der Waals surface area (Å²) in [5.74, 6) is 0.156. The van der Waals surface area contributed by atoms with Crippen LogP contribution in [0.1, 0.15) is 123 Å².